The standard InChI is InChI=1S/C14H14O3/c1-9(2)14(16)17-13-6-4-10-7-12(15)5-3-11(10)8-13/h3-9,15H,1-2H3. The van der Waals surface area contributed by atoms with Gasteiger partial charge in [0.1, 0.15) is 11.5 Å². The topological polar surface area (TPSA) is 46.5 Å². The molecule has 0 aromatic heterocycles. The molecule has 0 fully saturated rings. The highest BCUT2D eigenvalue weighted by Crippen LogP contribution is 2.24. The molecule has 3 nitrogen and oxygen atoms in total. The lowest BCUT2D eigenvalue weighted by Crippen LogP contribution is -2.14. The number of fused-ring (bicyclic) bond motifs is 1. The molecule has 0 bridgehead atoms. The second kappa shape index (κ2) is 4.45. The van der Waals surface area contributed by atoms with Gasteiger partial charge < -0.3 is 9.84 Å². The quantitative estimate of drug-likeness (QED) is 0.637. The third-order valence-corrected chi connectivity index (χ3v) is 2.49. The first-order chi connectivity index (χ1) is 8.06. The molecule has 3 heteroatoms. The van der Waals surface area contributed by atoms with Crippen LogP contribution in [0.1, 0.15) is 13.8 Å². The highest BCUT2D eigenvalue weighted by Gasteiger charge is 2.09. The molecule has 0 saturated carbocycles. The van der Waals surface area contributed by atoms with Crippen molar-refractivity contribution in [3.8, 4) is 11.5 Å². The van der Waals surface area contributed by atoms with Gasteiger partial charge in [0.2, 0.25) is 0 Å². The summed E-state index contributed by atoms with van der Waals surface area (Å²) in [5.74, 6) is 0.361. The first-order valence-electron chi connectivity index (χ1n) is 5.51. The molecular formula is C14H14O3. The fourth-order valence-electron chi connectivity index (χ4n) is 1.51. The van der Waals surface area contributed by atoms with Gasteiger partial charge in [0, 0.05) is 0 Å². The van der Waals surface area contributed by atoms with E-state index < -0.39 is 0 Å². The second-order valence-electron chi connectivity index (χ2n) is 4.27. The lowest BCUT2D eigenvalue weighted by Gasteiger charge is -2.07. The van der Waals surface area contributed by atoms with Crippen LogP contribution in [0.4, 0.5) is 0 Å². The fourth-order valence-corrected chi connectivity index (χ4v) is 1.51. The predicted octanol–water partition coefficient (Wildman–Crippen LogP) is 3.11. The molecule has 88 valence electrons. The zero-order valence-corrected chi connectivity index (χ0v) is 9.81. The third-order valence-electron chi connectivity index (χ3n) is 2.49. The van der Waals surface area contributed by atoms with E-state index in [4.69, 9.17) is 4.74 Å². The van der Waals surface area contributed by atoms with Crippen LogP contribution in [0.3, 0.4) is 0 Å². The molecular weight excluding hydrogens is 216 g/mol. The van der Waals surface area contributed by atoms with Gasteiger partial charge in [0.15, 0.2) is 0 Å². The number of carbonyl (C=O) groups excluding carboxylic acids is 1. The van der Waals surface area contributed by atoms with Crippen LogP contribution in [0.5, 0.6) is 11.5 Å². The summed E-state index contributed by atoms with van der Waals surface area (Å²) in [4.78, 5) is 11.4. The fraction of sp³-hybridized carbons (Fsp3) is 0.214. The van der Waals surface area contributed by atoms with E-state index in [0.29, 0.717) is 5.75 Å². The first kappa shape index (κ1) is 11.5. The van der Waals surface area contributed by atoms with Crippen molar-refractivity contribution < 1.29 is 14.6 Å². The number of hydrogen-bond donors (Lipinski definition) is 1. The van der Waals surface area contributed by atoms with Crippen LogP contribution >= 0.6 is 0 Å². The molecule has 0 amide bonds. The minimum Gasteiger partial charge on any atom is -0.508 e. The zero-order chi connectivity index (χ0) is 12.4. The molecule has 0 atom stereocenters. The maximum atomic E-state index is 11.4. The summed E-state index contributed by atoms with van der Waals surface area (Å²) in [5, 5.41) is 11.2. The van der Waals surface area contributed by atoms with Gasteiger partial charge in [-0.1, -0.05) is 26.0 Å². The normalized spacial score (nSPS) is 10.8. The number of hydrogen-bond acceptors (Lipinski definition) is 3. The summed E-state index contributed by atoms with van der Waals surface area (Å²) >= 11 is 0. The molecule has 0 aliphatic carbocycles. The Balaban J connectivity index is 2.32. The summed E-state index contributed by atoms with van der Waals surface area (Å²) in [6.07, 6.45) is 0. The SMILES string of the molecule is CC(C)C(=O)Oc1ccc2cc(O)ccc2c1. The zero-order valence-electron chi connectivity index (χ0n) is 9.81. The minimum atomic E-state index is -0.247. The van der Waals surface area contributed by atoms with Crippen LogP contribution in [0.25, 0.3) is 10.8 Å². The van der Waals surface area contributed by atoms with Crippen LogP contribution in [0, 0.1) is 5.92 Å². The Labute approximate surface area is 99.6 Å². The van der Waals surface area contributed by atoms with Crippen molar-refractivity contribution >= 4 is 16.7 Å². The molecule has 0 spiro atoms. The van der Waals surface area contributed by atoms with Crippen LogP contribution in [-0.2, 0) is 4.79 Å². The minimum absolute atomic E-state index is 0.148. The lowest BCUT2D eigenvalue weighted by atomic mass is 10.1. The smallest absolute Gasteiger partial charge is 0.313 e. The molecule has 1 N–H and O–H groups in total. The van der Waals surface area contributed by atoms with Gasteiger partial charge in [0.25, 0.3) is 0 Å². The van der Waals surface area contributed by atoms with E-state index in [1.165, 1.54) is 0 Å². The Morgan fingerprint density at radius 2 is 1.76 bits per heavy atom. The number of phenols is 1. The van der Waals surface area contributed by atoms with Crippen molar-refractivity contribution in [2.24, 2.45) is 5.92 Å². The van der Waals surface area contributed by atoms with Crippen molar-refractivity contribution in [2.75, 3.05) is 0 Å². The number of benzene rings is 2. The first-order valence-corrected chi connectivity index (χ1v) is 5.51. The van der Waals surface area contributed by atoms with E-state index in [2.05, 4.69) is 0 Å². The molecule has 17 heavy (non-hydrogen) atoms. The molecule has 0 heterocycles. The van der Waals surface area contributed by atoms with E-state index in [0.717, 1.165) is 10.8 Å². The Morgan fingerprint density at radius 3 is 2.47 bits per heavy atom. The molecule has 2 aromatic carbocycles. The van der Waals surface area contributed by atoms with Gasteiger partial charge in [-0.3, -0.25) is 4.79 Å². The summed E-state index contributed by atoms with van der Waals surface area (Å²) in [7, 11) is 0. The van der Waals surface area contributed by atoms with Gasteiger partial charge >= 0.3 is 5.97 Å². The molecule has 0 unspecified atom stereocenters. The third kappa shape index (κ3) is 2.56. The Morgan fingerprint density at radius 1 is 1.12 bits per heavy atom. The largest absolute Gasteiger partial charge is 0.508 e. The van der Waals surface area contributed by atoms with Crippen LogP contribution in [-0.4, -0.2) is 11.1 Å². The molecule has 0 aliphatic rings. The number of phenolic OH excluding ortho intramolecular Hbond substituents is 1. The van der Waals surface area contributed by atoms with Crippen LogP contribution in [0.2, 0.25) is 0 Å². The summed E-state index contributed by atoms with van der Waals surface area (Å²) in [5.41, 5.74) is 0. The predicted molar refractivity (Wildman–Crippen MR) is 66.1 cm³/mol. The summed E-state index contributed by atoms with van der Waals surface area (Å²) < 4.78 is 5.21. The number of aromatic hydroxyl groups is 1. The highest BCUT2D eigenvalue weighted by molar-refractivity contribution is 5.86. The van der Waals surface area contributed by atoms with Crippen LogP contribution < -0.4 is 4.74 Å². The second-order valence-corrected chi connectivity index (χ2v) is 4.27. The number of carbonyl (C=O) groups is 1. The van der Waals surface area contributed by atoms with Gasteiger partial charge in [0.05, 0.1) is 5.92 Å². The maximum Gasteiger partial charge on any atom is 0.313 e. The van der Waals surface area contributed by atoms with E-state index in [1.54, 1.807) is 44.2 Å². The molecule has 0 radical (unpaired) electrons. The molecule has 0 aliphatic heterocycles. The Bertz CT molecular complexity index is 558. The van der Waals surface area contributed by atoms with Gasteiger partial charge in [-0.05, 0) is 35.0 Å². The van der Waals surface area contributed by atoms with Crippen molar-refractivity contribution in [2.45, 2.75) is 13.8 Å². The highest BCUT2D eigenvalue weighted by atomic mass is 16.5. The molecule has 2 rings (SSSR count). The number of esters is 1. The van der Waals surface area contributed by atoms with Gasteiger partial charge in [-0.2, -0.15) is 0 Å². The summed E-state index contributed by atoms with van der Waals surface area (Å²) in [6.45, 7) is 3.59. The lowest BCUT2D eigenvalue weighted by molar-refractivity contribution is -0.137. The Hall–Kier alpha value is -2.03. The van der Waals surface area contributed by atoms with E-state index in [9.17, 15) is 9.90 Å². The summed E-state index contributed by atoms with van der Waals surface area (Å²) in [6, 6.07) is 10.4. The van der Waals surface area contributed by atoms with Crippen molar-refractivity contribution in [3.63, 3.8) is 0 Å². The van der Waals surface area contributed by atoms with E-state index >= 15 is 0 Å². The molecule has 0 saturated heterocycles. The van der Waals surface area contributed by atoms with Crippen molar-refractivity contribution in [1.29, 1.82) is 0 Å². The average molecular weight is 230 g/mol. The van der Waals surface area contributed by atoms with Gasteiger partial charge in [-0.25, -0.2) is 0 Å². The van der Waals surface area contributed by atoms with Gasteiger partial charge in [-0.15, -0.1) is 0 Å². The maximum absolute atomic E-state index is 11.4. The number of ether oxygens (including phenoxy) is 1. The van der Waals surface area contributed by atoms with E-state index in [1.807, 2.05) is 6.07 Å². The number of rotatable bonds is 2. The van der Waals surface area contributed by atoms with Crippen LogP contribution in [0.15, 0.2) is 36.4 Å². The average Bonchev–Trinajstić information content (AvgIpc) is 2.29. The van der Waals surface area contributed by atoms with E-state index in [-0.39, 0.29) is 17.6 Å². The molecule has 2 aromatic rings. The monoisotopic (exact) mass is 230 g/mol. The Kier molecular flexibility index (Phi) is 3.00. The van der Waals surface area contributed by atoms with Crippen molar-refractivity contribution in [3.05, 3.63) is 36.4 Å². The van der Waals surface area contributed by atoms with Crippen molar-refractivity contribution in [1.82, 2.24) is 0 Å².